The minimum absolute atomic E-state index is 1.98. The molecule has 2 unspecified atom stereocenters. The van der Waals surface area contributed by atoms with E-state index >= 15 is 0 Å². The van der Waals surface area contributed by atoms with Gasteiger partial charge >= 0.3 is 71.3 Å². The van der Waals surface area contributed by atoms with Crippen LogP contribution in [0.5, 0.6) is 0 Å². The molecular weight excluding hydrogens is 594 g/mol. The molecule has 0 radical (unpaired) electrons. The van der Waals surface area contributed by atoms with E-state index < -0.39 is 71.3 Å². The number of halogens is 22. The lowest BCUT2D eigenvalue weighted by Crippen LogP contribution is -2.76. The van der Waals surface area contributed by atoms with Crippen molar-refractivity contribution in [3.05, 3.63) is 0 Å². The molecule has 2 aliphatic heterocycles. The van der Waals surface area contributed by atoms with E-state index in [9.17, 15) is 96.6 Å². The van der Waals surface area contributed by atoms with Crippen LogP contribution in [0.4, 0.5) is 96.6 Å². The maximum absolute atomic E-state index is 13.5. The molecule has 0 bridgehead atoms. The predicted molar refractivity (Wildman–Crippen MR) is 59.3 cm³/mol. The van der Waals surface area contributed by atoms with Gasteiger partial charge in [0.2, 0.25) is 0 Å². The van der Waals surface area contributed by atoms with Gasteiger partial charge in [0.05, 0.1) is 0 Å². The molecule has 214 valence electrons. The van der Waals surface area contributed by atoms with Gasteiger partial charge < -0.3 is 0 Å². The van der Waals surface area contributed by atoms with Crippen molar-refractivity contribution in [2.75, 3.05) is 0 Å². The van der Waals surface area contributed by atoms with E-state index in [0.717, 1.165) is 0 Å². The maximum atomic E-state index is 13.5. The zero-order valence-corrected chi connectivity index (χ0v) is 15.1. The molecule has 2 atom stereocenters. The van der Waals surface area contributed by atoms with Crippen LogP contribution in [0.15, 0.2) is 0 Å². The SMILES string of the molecule is FC1(F)OC1(F)C(F)(F)C(F)(F)C(F)(F)C(F)(F)C(F)(F)C(F)(F)C(F)(F)C(F)(F)C1(F)OC1(F)F. The lowest BCUT2D eigenvalue weighted by atomic mass is 9.86. The summed E-state index contributed by atoms with van der Waals surface area (Å²) >= 11 is 0. The van der Waals surface area contributed by atoms with Crippen LogP contribution in [0, 0.1) is 0 Å². The van der Waals surface area contributed by atoms with E-state index in [1.54, 1.807) is 0 Å². The van der Waals surface area contributed by atoms with Crippen LogP contribution < -0.4 is 0 Å². The molecule has 0 aromatic rings. The summed E-state index contributed by atoms with van der Waals surface area (Å²) in [6.07, 6.45) is -12.5. The van der Waals surface area contributed by atoms with E-state index in [4.69, 9.17) is 0 Å². The molecule has 0 aliphatic carbocycles. The molecule has 0 spiro atoms. The summed E-state index contributed by atoms with van der Waals surface area (Å²) < 4.78 is 294. The Kier molecular flexibility index (Phi) is 5.68. The molecule has 2 rings (SSSR count). The Hall–Kier alpha value is -1.62. The third-order valence-corrected chi connectivity index (χ3v) is 4.77. The fourth-order valence-electron chi connectivity index (χ4n) is 2.38. The highest BCUT2D eigenvalue weighted by atomic mass is 19.4. The largest absolute Gasteiger partial charge is 0.424 e. The van der Waals surface area contributed by atoms with Crippen LogP contribution in [-0.4, -0.2) is 71.3 Å². The number of rotatable bonds is 9. The summed E-state index contributed by atoms with van der Waals surface area (Å²) in [6.45, 7) is 0. The molecule has 2 heterocycles. The van der Waals surface area contributed by atoms with Gasteiger partial charge in [-0.1, -0.05) is 0 Å². The first-order valence-electron chi connectivity index (χ1n) is 7.72. The molecule has 0 N–H and O–H groups in total. The number of ether oxygens (including phenoxy) is 2. The third-order valence-electron chi connectivity index (χ3n) is 4.77. The molecule has 24 heteroatoms. The second-order valence-electron chi connectivity index (χ2n) is 7.02. The summed E-state index contributed by atoms with van der Waals surface area (Å²) in [4.78, 5) is 0. The molecule has 0 amide bonds. The second-order valence-corrected chi connectivity index (χ2v) is 7.02. The topological polar surface area (TPSA) is 25.1 Å². The first-order chi connectivity index (χ1) is 15.2. The highest BCUT2D eigenvalue weighted by molar-refractivity contribution is 5.22. The first kappa shape index (κ1) is 30.6. The van der Waals surface area contributed by atoms with E-state index in [-0.39, 0.29) is 0 Å². The van der Waals surface area contributed by atoms with Crippen LogP contribution in [-0.2, 0) is 9.47 Å². The molecule has 36 heavy (non-hydrogen) atoms. The van der Waals surface area contributed by atoms with Gasteiger partial charge in [-0.15, -0.1) is 0 Å². The van der Waals surface area contributed by atoms with Crippen molar-refractivity contribution in [2.24, 2.45) is 0 Å². The lowest BCUT2D eigenvalue weighted by molar-refractivity contribution is -0.462. The molecule has 0 aromatic carbocycles. The second kappa shape index (κ2) is 6.68. The zero-order valence-electron chi connectivity index (χ0n) is 15.1. The Morgan fingerprint density at radius 2 is 0.444 bits per heavy atom. The number of epoxide rings is 2. The Bertz CT molecular complexity index is 848. The summed E-state index contributed by atoms with van der Waals surface area (Å²) in [6, 6.07) is 0. The summed E-state index contributed by atoms with van der Waals surface area (Å²) in [7, 11) is 0. The van der Waals surface area contributed by atoms with Crippen molar-refractivity contribution < 1.29 is 106 Å². The Morgan fingerprint density at radius 1 is 0.306 bits per heavy atom. The average Bonchev–Trinajstić information content (AvgIpc) is 3.40. The van der Waals surface area contributed by atoms with Gasteiger partial charge in [0.15, 0.2) is 0 Å². The average molecular weight is 594 g/mol. The molecule has 0 aromatic heterocycles. The minimum Gasteiger partial charge on any atom is -0.265 e. The highest BCUT2D eigenvalue weighted by Gasteiger charge is 3.03. The van der Waals surface area contributed by atoms with E-state index in [1.165, 1.54) is 0 Å². The van der Waals surface area contributed by atoms with Gasteiger partial charge in [-0.3, -0.25) is 9.47 Å². The molecule has 2 nitrogen and oxygen atoms in total. The molecule has 2 saturated heterocycles. The smallest absolute Gasteiger partial charge is 0.265 e. The maximum Gasteiger partial charge on any atom is 0.424 e. The molecule has 2 aliphatic rings. The van der Waals surface area contributed by atoms with Crippen molar-refractivity contribution in [1.29, 1.82) is 0 Å². The van der Waals surface area contributed by atoms with Gasteiger partial charge in [-0.2, -0.15) is 96.6 Å². The highest BCUT2D eigenvalue weighted by Crippen LogP contribution is 2.71. The third kappa shape index (κ3) is 2.87. The van der Waals surface area contributed by atoms with Crippen molar-refractivity contribution in [3.8, 4) is 0 Å². The summed E-state index contributed by atoms with van der Waals surface area (Å²) in [5.74, 6) is -83.5. The summed E-state index contributed by atoms with van der Waals surface area (Å²) in [5.41, 5.74) is 0. The Balaban J connectivity index is 2.63. The fraction of sp³-hybridized carbons (Fsp3) is 1.00. The van der Waals surface area contributed by atoms with Crippen LogP contribution in [0.25, 0.3) is 0 Å². The van der Waals surface area contributed by atoms with Crippen molar-refractivity contribution in [3.63, 3.8) is 0 Å². The van der Waals surface area contributed by atoms with E-state index in [1.807, 2.05) is 9.47 Å². The fourth-order valence-corrected chi connectivity index (χ4v) is 2.38. The van der Waals surface area contributed by atoms with Crippen molar-refractivity contribution in [2.45, 2.75) is 71.3 Å². The van der Waals surface area contributed by atoms with Crippen molar-refractivity contribution in [1.82, 2.24) is 0 Å². The van der Waals surface area contributed by atoms with E-state index in [2.05, 4.69) is 0 Å². The predicted octanol–water partition coefficient (Wildman–Crippen LogP) is 6.65. The first-order valence-corrected chi connectivity index (χ1v) is 7.72. The monoisotopic (exact) mass is 594 g/mol. The minimum atomic E-state index is -9.19. The van der Waals surface area contributed by atoms with Gasteiger partial charge in [0.1, 0.15) is 0 Å². The van der Waals surface area contributed by atoms with Gasteiger partial charge in [-0.05, 0) is 0 Å². The normalized spacial score (nSPS) is 29.8. The van der Waals surface area contributed by atoms with Crippen LogP contribution in [0.1, 0.15) is 0 Å². The van der Waals surface area contributed by atoms with E-state index in [0.29, 0.717) is 0 Å². The van der Waals surface area contributed by atoms with Crippen LogP contribution >= 0.6 is 0 Å². The molecule has 0 saturated carbocycles. The number of hydrogen-bond donors (Lipinski definition) is 0. The van der Waals surface area contributed by atoms with Crippen LogP contribution in [0.2, 0.25) is 0 Å². The molecule has 2 fully saturated rings. The van der Waals surface area contributed by atoms with Crippen molar-refractivity contribution >= 4 is 0 Å². The molecular formula is C12F22O2. The number of alkyl halides is 22. The van der Waals surface area contributed by atoms with Gasteiger partial charge in [-0.25, -0.2) is 0 Å². The van der Waals surface area contributed by atoms with Gasteiger partial charge in [0, 0.05) is 0 Å². The Morgan fingerprint density at radius 3 is 0.583 bits per heavy atom. The quantitative estimate of drug-likeness (QED) is 0.221. The van der Waals surface area contributed by atoms with Crippen LogP contribution in [0.3, 0.4) is 0 Å². The number of hydrogen-bond acceptors (Lipinski definition) is 2. The lowest BCUT2D eigenvalue weighted by Gasteiger charge is -2.43. The summed E-state index contributed by atoms with van der Waals surface area (Å²) in [5, 5.41) is 0. The Labute approximate surface area is 179 Å². The standard InChI is InChI=1S/C12F22O2/c13-1(14,3(17,18)5(21,22)7(25,26)9(29)11(31,32)35-9)2(15,16)4(19,20)6(23,24)8(27,28)10(30)12(33,34)36-10. The van der Waals surface area contributed by atoms with Gasteiger partial charge in [0.25, 0.3) is 0 Å². The zero-order chi connectivity index (χ0) is 29.4.